The number of rotatable bonds is 8. The first-order chi connectivity index (χ1) is 15.3. The molecule has 0 aliphatic carbocycles. The molecule has 0 aromatic heterocycles. The van der Waals surface area contributed by atoms with Gasteiger partial charge in [0.1, 0.15) is 11.5 Å². The second-order valence-corrected chi connectivity index (χ2v) is 8.09. The normalized spacial score (nSPS) is 21.9. The number of benzene rings is 1. The monoisotopic (exact) mass is 458 g/mol. The van der Waals surface area contributed by atoms with Crippen LogP contribution in [-0.2, 0) is 19.1 Å². The van der Waals surface area contributed by atoms with E-state index < -0.39 is 28.8 Å². The Kier molecular flexibility index (Phi) is 7.70. The quantitative estimate of drug-likeness (QED) is 0.363. The van der Waals surface area contributed by atoms with Gasteiger partial charge in [0.05, 0.1) is 13.2 Å². The highest BCUT2D eigenvalue weighted by atomic mass is 32.1. The van der Waals surface area contributed by atoms with Gasteiger partial charge in [-0.25, -0.2) is 0 Å². The summed E-state index contributed by atoms with van der Waals surface area (Å²) in [6, 6.07) is 8.34. The van der Waals surface area contributed by atoms with E-state index in [1.807, 2.05) is 6.07 Å². The van der Waals surface area contributed by atoms with Crippen molar-refractivity contribution in [1.82, 2.24) is 4.90 Å². The number of allylic oxidation sites excluding steroid dienone is 2. The summed E-state index contributed by atoms with van der Waals surface area (Å²) in [7, 11) is 1.48. The van der Waals surface area contributed by atoms with E-state index in [1.54, 1.807) is 47.4 Å². The number of nitrogens with zero attached hydrogens (tertiary/aromatic N) is 2. The van der Waals surface area contributed by atoms with Gasteiger partial charge >= 0.3 is 5.12 Å². The van der Waals surface area contributed by atoms with Crippen LogP contribution in [0.2, 0.25) is 0 Å². The Morgan fingerprint density at radius 1 is 1.19 bits per heavy atom. The van der Waals surface area contributed by atoms with Crippen molar-refractivity contribution < 1.29 is 28.5 Å². The highest BCUT2D eigenvalue weighted by Crippen LogP contribution is 2.31. The predicted octanol–water partition coefficient (Wildman–Crippen LogP) is 3.21. The number of methoxy groups -OCH3 is 1. The second kappa shape index (κ2) is 10.5. The molecule has 32 heavy (non-hydrogen) atoms. The SMILES string of the molecule is COC1=CC=CC(S)(Oc2ccc(OC(C)C(=O)C(C#N)C(=O)N3CCCCC3)cc2)O1. The molecule has 1 saturated heterocycles. The maximum Gasteiger partial charge on any atom is 0.322 e. The Morgan fingerprint density at radius 2 is 1.84 bits per heavy atom. The number of carbonyl (C=O) groups excluding carboxylic acids is 2. The number of Topliss-reactive ketones (excluding diaryl/α,β-unsaturated/α-hetero) is 1. The number of thiol groups is 1. The van der Waals surface area contributed by atoms with E-state index in [1.165, 1.54) is 14.0 Å². The largest absolute Gasteiger partial charge is 0.483 e. The molecule has 0 spiro atoms. The third-order valence-electron chi connectivity index (χ3n) is 5.12. The van der Waals surface area contributed by atoms with Gasteiger partial charge < -0.3 is 23.8 Å². The summed E-state index contributed by atoms with van der Waals surface area (Å²) < 4.78 is 22.0. The molecule has 2 aliphatic rings. The number of ketones is 1. The molecule has 3 unspecified atom stereocenters. The van der Waals surface area contributed by atoms with Gasteiger partial charge in [0.2, 0.25) is 5.91 Å². The fourth-order valence-corrected chi connectivity index (χ4v) is 3.70. The smallest absolute Gasteiger partial charge is 0.322 e. The van der Waals surface area contributed by atoms with Crippen LogP contribution >= 0.6 is 12.6 Å². The molecule has 0 bridgehead atoms. The van der Waals surface area contributed by atoms with Crippen molar-refractivity contribution in [3.63, 3.8) is 0 Å². The first kappa shape index (κ1) is 23.5. The average molecular weight is 459 g/mol. The molecule has 3 atom stereocenters. The highest BCUT2D eigenvalue weighted by molar-refractivity contribution is 7.81. The van der Waals surface area contributed by atoms with Crippen LogP contribution in [-0.4, -0.2) is 48.0 Å². The van der Waals surface area contributed by atoms with Crippen LogP contribution in [0.25, 0.3) is 0 Å². The molecule has 2 aliphatic heterocycles. The summed E-state index contributed by atoms with van der Waals surface area (Å²) in [6.45, 7) is 2.69. The summed E-state index contributed by atoms with van der Waals surface area (Å²) in [5.41, 5.74) is 0. The molecule has 3 rings (SSSR count). The molecule has 2 heterocycles. The van der Waals surface area contributed by atoms with Crippen LogP contribution in [0.15, 0.2) is 48.4 Å². The van der Waals surface area contributed by atoms with Crippen molar-refractivity contribution in [2.24, 2.45) is 5.92 Å². The maximum absolute atomic E-state index is 12.7. The van der Waals surface area contributed by atoms with E-state index in [2.05, 4.69) is 12.6 Å². The molecule has 170 valence electrons. The Morgan fingerprint density at radius 3 is 2.47 bits per heavy atom. The number of nitriles is 1. The van der Waals surface area contributed by atoms with Crippen LogP contribution in [0.5, 0.6) is 11.5 Å². The van der Waals surface area contributed by atoms with Crippen molar-refractivity contribution >= 4 is 24.3 Å². The summed E-state index contributed by atoms with van der Waals surface area (Å²) >= 11 is 4.38. The van der Waals surface area contributed by atoms with Crippen LogP contribution in [0.4, 0.5) is 0 Å². The zero-order chi connectivity index (χ0) is 23.1. The molecule has 1 amide bonds. The number of piperidine rings is 1. The van der Waals surface area contributed by atoms with Gasteiger partial charge in [0, 0.05) is 25.2 Å². The molecular weight excluding hydrogens is 432 g/mol. The van der Waals surface area contributed by atoms with Crippen molar-refractivity contribution in [3.8, 4) is 17.6 Å². The maximum atomic E-state index is 12.7. The number of carbonyl (C=O) groups is 2. The van der Waals surface area contributed by atoms with Crippen LogP contribution in [0.3, 0.4) is 0 Å². The van der Waals surface area contributed by atoms with E-state index >= 15 is 0 Å². The van der Waals surface area contributed by atoms with E-state index in [-0.39, 0.29) is 5.95 Å². The average Bonchev–Trinajstić information content (AvgIpc) is 2.81. The third kappa shape index (κ3) is 5.77. The topological polar surface area (TPSA) is 98.1 Å². The Hall–Kier alpha value is -3.12. The van der Waals surface area contributed by atoms with Gasteiger partial charge in [-0.1, -0.05) is 18.7 Å². The molecule has 8 nitrogen and oxygen atoms in total. The molecular formula is C23H26N2O6S. The Bertz CT molecular complexity index is 933. The number of hydrogen-bond donors (Lipinski definition) is 1. The van der Waals surface area contributed by atoms with Gasteiger partial charge in [-0.05, 0) is 50.5 Å². The van der Waals surface area contributed by atoms with E-state index in [0.29, 0.717) is 24.6 Å². The van der Waals surface area contributed by atoms with Gasteiger partial charge in [-0.3, -0.25) is 9.59 Å². The molecule has 9 heteroatoms. The molecule has 1 fully saturated rings. The summed E-state index contributed by atoms with van der Waals surface area (Å²) in [5, 5.41) is 8.10. The van der Waals surface area contributed by atoms with Crippen LogP contribution in [0, 0.1) is 17.2 Å². The van der Waals surface area contributed by atoms with Crippen molar-refractivity contribution in [3.05, 3.63) is 48.4 Å². The van der Waals surface area contributed by atoms with Crippen molar-refractivity contribution in [2.45, 2.75) is 37.4 Å². The van der Waals surface area contributed by atoms with Gasteiger partial charge in [0.15, 0.2) is 17.8 Å². The standard InChI is InChI=1S/C23H26N2O6S/c1-16(21(26)19(15-24)22(27)25-13-4-3-5-14-25)29-17-8-10-18(11-9-17)30-23(32)12-6-7-20(28-2)31-23/h6-12,16,19,32H,3-5,13-14H2,1-2H3. The lowest BCUT2D eigenvalue weighted by Crippen LogP contribution is -2.44. The molecule has 1 aromatic rings. The van der Waals surface area contributed by atoms with Crippen molar-refractivity contribution in [2.75, 3.05) is 20.2 Å². The van der Waals surface area contributed by atoms with Gasteiger partial charge in [-0.2, -0.15) is 5.26 Å². The fraction of sp³-hybridized carbons (Fsp3) is 0.435. The second-order valence-electron chi connectivity index (χ2n) is 7.47. The number of likely N-dealkylation sites (tertiary alicyclic amines) is 1. The highest BCUT2D eigenvalue weighted by Gasteiger charge is 2.35. The van der Waals surface area contributed by atoms with E-state index in [4.69, 9.17) is 18.9 Å². The Labute approximate surface area is 192 Å². The number of hydrogen-bond acceptors (Lipinski definition) is 8. The summed E-state index contributed by atoms with van der Waals surface area (Å²) in [4.78, 5) is 26.9. The minimum absolute atomic E-state index is 0.265. The minimum atomic E-state index is -1.37. The molecule has 0 saturated carbocycles. The molecule has 1 aromatic carbocycles. The zero-order valence-electron chi connectivity index (χ0n) is 18.0. The van der Waals surface area contributed by atoms with Gasteiger partial charge in [0.25, 0.3) is 5.95 Å². The zero-order valence-corrected chi connectivity index (χ0v) is 18.9. The first-order valence-electron chi connectivity index (χ1n) is 10.4. The van der Waals surface area contributed by atoms with Crippen molar-refractivity contribution in [1.29, 1.82) is 5.26 Å². The van der Waals surface area contributed by atoms with Crippen LogP contribution < -0.4 is 9.47 Å². The molecule has 0 radical (unpaired) electrons. The Balaban J connectivity index is 1.59. The lowest BCUT2D eigenvalue weighted by Gasteiger charge is -2.29. The van der Waals surface area contributed by atoms with E-state index in [0.717, 1.165) is 19.3 Å². The van der Waals surface area contributed by atoms with E-state index in [9.17, 15) is 14.9 Å². The summed E-state index contributed by atoms with van der Waals surface area (Å²) in [5.74, 6) is -1.26. The fourth-order valence-electron chi connectivity index (χ4n) is 3.41. The number of amides is 1. The molecule has 0 N–H and O–H groups in total. The first-order valence-corrected chi connectivity index (χ1v) is 10.8. The van der Waals surface area contributed by atoms with Crippen LogP contribution in [0.1, 0.15) is 26.2 Å². The predicted molar refractivity (Wildman–Crippen MR) is 119 cm³/mol. The third-order valence-corrected chi connectivity index (χ3v) is 5.45. The number of ether oxygens (including phenoxy) is 4. The van der Waals surface area contributed by atoms with Gasteiger partial charge in [-0.15, -0.1) is 0 Å². The lowest BCUT2D eigenvalue weighted by molar-refractivity contribution is -0.142. The minimum Gasteiger partial charge on any atom is -0.483 e. The lowest BCUT2D eigenvalue weighted by atomic mass is 9.99. The summed E-state index contributed by atoms with van der Waals surface area (Å²) in [6.07, 6.45) is 6.82.